The molecule has 4 bridgehead atoms. The Balaban J connectivity index is 1.17. The molecule has 4 fully saturated rings. The quantitative estimate of drug-likeness (QED) is 0.815. The molecule has 0 atom stereocenters. The molecule has 4 aliphatic rings. The van der Waals surface area contributed by atoms with Gasteiger partial charge >= 0.3 is 0 Å². The molecular weight excluding hydrogens is 348 g/mol. The fourth-order valence-corrected chi connectivity index (χ4v) is 6.05. The first-order chi connectivity index (χ1) is 13.7. The normalized spacial score (nSPS) is 30.2. The number of nitrogens with one attached hydrogen (secondary N) is 1. The summed E-state index contributed by atoms with van der Waals surface area (Å²) in [6.07, 6.45) is 8.31. The van der Waals surface area contributed by atoms with Gasteiger partial charge in [-0.25, -0.2) is 0 Å². The summed E-state index contributed by atoms with van der Waals surface area (Å²) in [6, 6.07) is 13.8. The zero-order chi connectivity index (χ0) is 18.9. The van der Waals surface area contributed by atoms with Crippen LogP contribution < -0.4 is 10.1 Å². The highest BCUT2D eigenvalue weighted by Crippen LogP contribution is 2.56. The summed E-state index contributed by atoms with van der Waals surface area (Å²) < 4.78 is 5.86. The van der Waals surface area contributed by atoms with E-state index in [-0.39, 0.29) is 11.8 Å². The molecule has 6 rings (SSSR count). The van der Waals surface area contributed by atoms with Gasteiger partial charge in [-0.15, -0.1) is 0 Å². The number of nitrogens with zero attached hydrogens (tertiary/aromatic N) is 1. The van der Waals surface area contributed by atoms with Crippen LogP contribution in [-0.2, 0) is 17.9 Å². The Morgan fingerprint density at radius 2 is 1.79 bits per heavy atom. The van der Waals surface area contributed by atoms with E-state index in [1.807, 2.05) is 42.5 Å². The highest BCUT2D eigenvalue weighted by atomic mass is 16.5. The third-order valence-corrected chi connectivity index (χ3v) is 7.01. The Morgan fingerprint density at radius 3 is 2.50 bits per heavy atom. The van der Waals surface area contributed by atoms with Crippen molar-refractivity contribution in [2.24, 2.45) is 29.6 Å². The monoisotopic (exact) mass is 376 g/mol. The number of carbonyl (C=O) groups excluding carboxylic acids is 1. The predicted molar refractivity (Wildman–Crippen MR) is 107 cm³/mol. The highest BCUT2D eigenvalue weighted by molar-refractivity contribution is 5.79. The van der Waals surface area contributed by atoms with Gasteiger partial charge in [-0.2, -0.15) is 0 Å². The van der Waals surface area contributed by atoms with Gasteiger partial charge in [0.25, 0.3) is 0 Å². The molecule has 0 spiro atoms. The van der Waals surface area contributed by atoms with Crippen LogP contribution in [-0.4, -0.2) is 10.9 Å². The van der Waals surface area contributed by atoms with E-state index in [1.54, 1.807) is 6.20 Å². The molecule has 4 heteroatoms. The molecule has 1 aromatic carbocycles. The average molecular weight is 377 g/mol. The van der Waals surface area contributed by atoms with Gasteiger partial charge in [-0.3, -0.25) is 9.78 Å². The number of benzene rings is 1. The van der Waals surface area contributed by atoms with Gasteiger partial charge in [0.2, 0.25) is 5.91 Å². The number of aromatic nitrogens is 1. The van der Waals surface area contributed by atoms with Gasteiger partial charge in [-0.05, 0) is 85.6 Å². The second kappa shape index (κ2) is 7.57. The summed E-state index contributed by atoms with van der Waals surface area (Å²) in [7, 11) is 0. The van der Waals surface area contributed by atoms with Crippen molar-refractivity contribution in [3.05, 3.63) is 59.9 Å². The van der Waals surface area contributed by atoms with Crippen LogP contribution in [0.15, 0.2) is 48.7 Å². The van der Waals surface area contributed by atoms with Crippen molar-refractivity contribution in [3.8, 4) is 5.75 Å². The maximum atomic E-state index is 13.0. The molecule has 1 N–H and O–H groups in total. The lowest BCUT2D eigenvalue weighted by Gasteiger charge is -2.53. The molecule has 4 nitrogen and oxygen atoms in total. The van der Waals surface area contributed by atoms with Gasteiger partial charge in [-0.1, -0.05) is 18.2 Å². The summed E-state index contributed by atoms with van der Waals surface area (Å²) in [6.45, 7) is 1.02. The topological polar surface area (TPSA) is 51.2 Å². The maximum absolute atomic E-state index is 13.0. The van der Waals surface area contributed by atoms with E-state index in [1.165, 1.54) is 32.1 Å². The number of rotatable bonds is 6. The van der Waals surface area contributed by atoms with E-state index in [0.717, 1.165) is 28.8 Å². The predicted octanol–water partition coefficient (Wildman–Crippen LogP) is 4.35. The molecule has 0 radical (unpaired) electrons. The van der Waals surface area contributed by atoms with E-state index in [0.29, 0.717) is 25.0 Å². The van der Waals surface area contributed by atoms with Crippen molar-refractivity contribution in [3.63, 3.8) is 0 Å². The smallest absolute Gasteiger partial charge is 0.223 e. The van der Waals surface area contributed by atoms with E-state index < -0.39 is 0 Å². The lowest BCUT2D eigenvalue weighted by molar-refractivity contribution is -0.138. The Labute approximate surface area is 166 Å². The van der Waals surface area contributed by atoms with E-state index in [4.69, 9.17) is 4.74 Å². The molecule has 1 aromatic heterocycles. The summed E-state index contributed by atoms with van der Waals surface area (Å²) in [5.41, 5.74) is 1.98. The van der Waals surface area contributed by atoms with Crippen molar-refractivity contribution < 1.29 is 9.53 Å². The maximum Gasteiger partial charge on any atom is 0.223 e. The summed E-state index contributed by atoms with van der Waals surface area (Å²) in [5.74, 6) is 4.39. The zero-order valence-corrected chi connectivity index (χ0v) is 16.2. The lowest BCUT2D eigenvalue weighted by Crippen LogP contribution is -2.50. The average Bonchev–Trinajstić information content (AvgIpc) is 2.71. The number of amides is 1. The third-order valence-electron chi connectivity index (χ3n) is 7.01. The zero-order valence-electron chi connectivity index (χ0n) is 16.2. The molecule has 2 aromatic rings. The molecule has 1 amide bonds. The highest BCUT2D eigenvalue weighted by Gasteiger charge is 2.50. The molecule has 0 saturated heterocycles. The largest absolute Gasteiger partial charge is 0.487 e. The van der Waals surface area contributed by atoms with Crippen molar-refractivity contribution in [2.75, 3.05) is 0 Å². The van der Waals surface area contributed by atoms with Gasteiger partial charge in [0.1, 0.15) is 12.4 Å². The second-order valence-corrected chi connectivity index (χ2v) is 8.93. The van der Waals surface area contributed by atoms with Crippen LogP contribution in [0.4, 0.5) is 0 Å². The van der Waals surface area contributed by atoms with Crippen molar-refractivity contribution >= 4 is 5.91 Å². The Bertz CT molecular complexity index is 808. The Kier molecular flexibility index (Phi) is 4.79. The van der Waals surface area contributed by atoms with E-state index >= 15 is 0 Å². The van der Waals surface area contributed by atoms with E-state index in [2.05, 4.69) is 10.3 Å². The van der Waals surface area contributed by atoms with Crippen LogP contribution in [0.25, 0.3) is 0 Å². The first-order valence-electron chi connectivity index (χ1n) is 10.6. The minimum absolute atomic E-state index is 0.247. The van der Waals surface area contributed by atoms with Crippen LogP contribution in [0, 0.1) is 29.6 Å². The SMILES string of the molecule is O=C(NCc1cccc(OCc2ccccn2)c1)C1C2CC3CC(C2)CC1C3. The molecule has 0 aliphatic heterocycles. The van der Waals surface area contributed by atoms with Crippen molar-refractivity contribution in [1.82, 2.24) is 10.3 Å². The minimum Gasteiger partial charge on any atom is -0.487 e. The van der Waals surface area contributed by atoms with Gasteiger partial charge in [0.15, 0.2) is 0 Å². The fraction of sp³-hybridized carbons (Fsp3) is 0.500. The molecule has 0 unspecified atom stereocenters. The number of hydrogen-bond donors (Lipinski definition) is 1. The van der Waals surface area contributed by atoms with Gasteiger partial charge < -0.3 is 10.1 Å². The van der Waals surface area contributed by atoms with Crippen molar-refractivity contribution in [2.45, 2.75) is 45.3 Å². The summed E-state index contributed by atoms with van der Waals surface area (Å²) >= 11 is 0. The van der Waals surface area contributed by atoms with Gasteiger partial charge in [0, 0.05) is 18.7 Å². The number of pyridine rings is 1. The molecule has 28 heavy (non-hydrogen) atoms. The molecular formula is C24H28N2O2. The first-order valence-corrected chi connectivity index (χ1v) is 10.6. The number of carbonyl (C=O) groups is 1. The fourth-order valence-electron chi connectivity index (χ4n) is 6.05. The number of ether oxygens (including phenoxy) is 1. The molecule has 1 heterocycles. The second-order valence-electron chi connectivity index (χ2n) is 8.93. The summed E-state index contributed by atoms with van der Waals surface area (Å²) in [5, 5.41) is 3.22. The Morgan fingerprint density at radius 1 is 1.00 bits per heavy atom. The first kappa shape index (κ1) is 17.7. The van der Waals surface area contributed by atoms with Crippen LogP contribution in [0.5, 0.6) is 5.75 Å². The minimum atomic E-state index is 0.247. The Hall–Kier alpha value is -2.36. The van der Waals surface area contributed by atoms with Crippen molar-refractivity contribution in [1.29, 1.82) is 0 Å². The standard InChI is InChI=1S/C24H28N2O2/c27-24(23-19-9-17-8-18(11-19)12-20(23)10-17)26-14-16-4-3-6-22(13-16)28-15-21-5-1-2-7-25-21/h1-7,13,17-20,23H,8-12,14-15H2,(H,26,27). The molecule has 146 valence electrons. The van der Waals surface area contributed by atoms with Crippen LogP contribution in [0.1, 0.15) is 43.4 Å². The van der Waals surface area contributed by atoms with E-state index in [9.17, 15) is 4.79 Å². The third kappa shape index (κ3) is 3.65. The molecule has 4 saturated carbocycles. The number of hydrogen-bond acceptors (Lipinski definition) is 3. The van der Waals surface area contributed by atoms with Gasteiger partial charge in [0.05, 0.1) is 5.69 Å². The van der Waals surface area contributed by atoms with Crippen LogP contribution in [0.2, 0.25) is 0 Å². The molecule has 4 aliphatic carbocycles. The summed E-state index contributed by atoms with van der Waals surface area (Å²) in [4.78, 5) is 17.2. The van der Waals surface area contributed by atoms with Crippen LogP contribution >= 0.6 is 0 Å². The lowest BCUT2D eigenvalue weighted by atomic mass is 9.51. The van der Waals surface area contributed by atoms with Crippen LogP contribution in [0.3, 0.4) is 0 Å².